The van der Waals surface area contributed by atoms with Gasteiger partial charge in [0.25, 0.3) is 0 Å². The monoisotopic (exact) mass is 397 g/mol. The number of anilines is 1. The fourth-order valence-corrected chi connectivity index (χ4v) is 3.32. The van der Waals surface area contributed by atoms with Crippen molar-refractivity contribution in [2.45, 2.75) is 13.5 Å². The van der Waals surface area contributed by atoms with Crippen molar-refractivity contribution in [2.24, 2.45) is 0 Å². The van der Waals surface area contributed by atoms with Crippen LogP contribution < -0.4 is 5.32 Å². The number of para-hydroxylation sites is 1. The van der Waals surface area contributed by atoms with Crippen molar-refractivity contribution in [3.05, 3.63) is 62.4 Å². The van der Waals surface area contributed by atoms with Gasteiger partial charge in [-0.25, -0.2) is 0 Å². The Morgan fingerprint density at radius 3 is 2.80 bits per heavy atom. The first-order chi connectivity index (χ1) is 9.65. The second-order valence-electron chi connectivity index (χ2n) is 4.61. The molecule has 3 rings (SSSR count). The molecule has 0 aliphatic rings. The Balaban J connectivity index is 1.88. The van der Waals surface area contributed by atoms with Gasteiger partial charge in [0.1, 0.15) is 11.3 Å². The van der Waals surface area contributed by atoms with Gasteiger partial charge in [0, 0.05) is 31.8 Å². The molecule has 102 valence electrons. The summed E-state index contributed by atoms with van der Waals surface area (Å²) < 4.78 is 6.89. The number of aryl methyl sites for hydroxylation is 1. The maximum atomic E-state index is 5.97. The predicted molar refractivity (Wildman–Crippen MR) is 92.4 cm³/mol. The van der Waals surface area contributed by atoms with Crippen molar-refractivity contribution in [1.82, 2.24) is 0 Å². The number of hydrogen-bond donors (Lipinski definition) is 1. The smallest absolute Gasteiger partial charge is 0.134 e. The largest absolute Gasteiger partial charge is 0.461 e. The van der Waals surface area contributed by atoms with Gasteiger partial charge in [0.2, 0.25) is 0 Å². The minimum atomic E-state index is 0.737. The van der Waals surface area contributed by atoms with E-state index in [1.165, 1.54) is 10.9 Å². The molecule has 0 aliphatic heterocycles. The first-order valence-electron chi connectivity index (χ1n) is 6.31. The normalized spacial score (nSPS) is 10.9. The van der Waals surface area contributed by atoms with Crippen LogP contribution in [0.3, 0.4) is 0 Å². The van der Waals surface area contributed by atoms with Crippen LogP contribution in [-0.2, 0) is 6.54 Å². The minimum absolute atomic E-state index is 0.737. The summed E-state index contributed by atoms with van der Waals surface area (Å²) >= 11 is 8.26. The van der Waals surface area contributed by atoms with E-state index in [2.05, 4.69) is 34.0 Å². The summed E-state index contributed by atoms with van der Waals surface area (Å²) in [6, 6.07) is 14.0. The minimum Gasteiger partial charge on any atom is -0.461 e. The summed E-state index contributed by atoms with van der Waals surface area (Å²) in [5, 5.41) is 5.37. The Kier molecular flexibility index (Phi) is 3.89. The standard InChI is InChI=1S/C16H13ClINO/c1-10-13(12-4-2-3-5-16(12)20-10)9-19-15-7-6-11(17)8-14(15)18/h2-8,19H,9H2,1H3. The number of hydrogen-bond acceptors (Lipinski definition) is 2. The molecule has 0 atom stereocenters. The summed E-state index contributed by atoms with van der Waals surface area (Å²) in [4.78, 5) is 0. The Labute approximate surface area is 136 Å². The lowest BCUT2D eigenvalue weighted by Gasteiger charge is -2.08. The third kappa shape index (κ3) is 2.65. The van der Waals surface area contributed by atoms with Crippen LogP contribution in [0.5, 0.6) is 0 Å². The van der Waals surface area contributed by atoms with Crippen LogP contribution in [0.25, 0.3) is 11.0 Å². The molecule has 0 aliphatic carbocycles. The van der Waals surface area contributed by atoms with E-state index >= 15 is 0 Å². The maximum Gasteiger partial charge on any atom is 0.134 e. The fourth-order valence-electron chi connectivity index (χ4n) is 2.26. The van der Waals surface area contributed by atoms with Gasteiger partial charge in [-0.2, -0.15) is 0 Å². The topological polar surface area (TPSA) is 25.2 Å². The lowest BCUT2D eigenvalue weighted by atomic mass is 10.1. The predicted octanol–water partition coefficient (Wildman–Crippen LogP) is 5.61. The highest BCUT2D eigenvalue weighted by Crippen LogP contribution is 2.27. The van der Waals surface area contributed by atoms with Crippen LogP contribution in [0.15, 0.2) is 46.9 Å². The molecule has 0 spiro atoms. The zero-order valence-corrected chi connectivity index (χ0v) is 13.8. The van der Waals surface area contributed by atoms with E-state index in [1.807, 2.05) is 43.3 Å². The molecule has 0 unspecified atom stereocenters. The zero-order valence-electron chi connectivity index (χ0n) is 10.9. The van der Waals surface area contributed by atoms with Crippen molar-refractivity contribution >= 4 is 50.8 Å². The molecule has 3 aromatic rings. The third-order valence-corrected chi connectivity index (χ3v) is 4.41. The van der Waals surface area contributed by atoms with Crippen LogP contribution >= 0.6 is 34.2 Å². The highest BCUT2D eigenvalue weighted by molar-refractivity contribution is 14.1. The molecule has 1 aromatic heterocycles. The SMILES string of the molecule is Cc1oc2ccccc2c1CNc1ccc(Cl)cc1I. The average molecular weight is 398 g/mol. The molecule has 2 aromatic carbocycles. The number of nitrogens with one attached hydrogen (secondary N) is 1. The van der Waals surface area contributed by atoms with Crippen molar-refractivity contribution in [3.63, 3.8) is 0 Å². The lowest BCUT2D eigenvalue weighted by molar-refractivity contribution is 0.573. The van der Waals surface area contributed by atoms with Crippen molar-refractivity contribution in [3.8, 4) is 0 Å². The molecule has 20 heavy (non-hydrogen) atoms. The zero-order chi connectivity index (χ0) is 14.1. The van der Waals surface area contributed by atoms with E-state index in [4.69, 9.17) is 16.0 Å². The molecule has 1 heterocycles. The van der Waals surface area contributed by atoms with Gasteiger partial charge in [-0.05, 0) is 53.8 Å². The summed E-state index contributed by atoms with van der Waals surface area (Å²) in [5.74, 6) is 0.961. The maximum absolute atomic E-state index is 5.97. The molecule has 1 N–H and O–H groups in total. The third-order valence-electron chi connectivity index (χ3n) is 3.29. The van der Waals surface area contributed by atoms with E-state index in [1.54, 1.807) is 0 Å². The molecule has 0 radical (unpaired) electrons. The number of rotatable bonds is 3. The van der Waals surface area contributed by atoms with E-state index in [9.17, 15) is 0 Å². The van der Waals surface area contributed by atoms with Crippen LogP contribution in [0.2, 0.25) is 5.02 Å². The Hall–Kier alpha value is -1.20. The number of benzene rings is 2. The first-order valence-corrected chi connectivity index (χ1v) is 7.77. The van der Waals surface area contributed by atoms with Gasteiger partial charge in [-0.15, -0.1) is 0 Å². The van der Waals surface area contributed by atoms with Gasteiger partial charge in [-0.1, -0.05) is 29.8 Å². The molecule has 0 fully saturated rings. The fraction of sp³-hybridized carbons (Fsp3) is 0.125. The summed E-state index contributed by atoms with van der Waals surface area (Å²) in [7, 11) is 0. The quantitative estimate of drug-likeness (QED) is 0.581. The number of furan rings is 1. The molecule has 4 heteroatoms. The second kappa shape index (κ2) is 5.66. The molecular formula is C16H13ClINO. The van der Waals surface area contributed by atoms with E-state index in [-0.39, 0.29) is 0 Å². The van der Waals surface area contributed by atoms with Gasteiger partial charge >= 0.3 is 0 Å². The van der Waals surface area contributed by atoms with Crippen LogP contribution in [-0.4, -0.2) is 0 Å². The Morgan fingerprint density at radius 2 is 2.00 bits per heavy atom. The van der Waals surface area contributed by atoms with Gasteiger partial charge in [-0.3, -0.25) is 0 Å². The second-order valence-corrected chi connectivity index (χ2v) is 6.21. The first kappa shape index (κ1) is 13.8. The van der Waals surface area contributed by atoms with Gasteiger partial charge < -0.3 is 9.73 Å². The molecular weight excluding hydrogens is 385 g/mol. The molecule has 0 bridgehead atoms. The number of fused-ring (bicyclic) bond motifs is 1. The van der Waals surface area contributed by atoms with Crippen LogP contribution in [0.1, 0.15) is 11.3 Å². The van der Waals surface area contributed by atoms with Gasteiger partial charge in [0.05, 0.1) is 0 Å². The van der Waals surface area contributed by atoms with Crippen LogP contribution in [0.4, 0.5) is 5.69 Å². The lowest BCUT2D eigenvalue weighted by Crippen LogP contribution is -2.01. The van der Waals surface area contributed by atoms with Crippen molar-refractivity contribution < 1.29 is 4.42 Å². The highest BCUT2D eigenvalue weighted by Gasteiger charge is 2.10. The van der Waals surface area contributed by atoms with Crippen molar-refractivity contribution in [2.75, 3.05) is 5.32 Å². The summed E-state index contributed by atoms with van der Waals surface area (Å²) in [5.41, 5.74) is 3.22. The van der Waals surface area contributed by atoms with Crippen LogP contribution in [0, 0.1) is 10.5 Å². The highest BCUT2D eigenvalue weighted by atomic mass is 127. The number of halogens is 2. The van der Waals surface area contributed by atoms with E-state index < -0.39 is 0 Å². The van der Waals surface area contributed by atoms with Crippen molar-refractivity contribution in [1.29, 1.82) is 0 Å². The summed E-state index contributed by atoms with van der Waals surface area (Å²) in [6.45, 7) is 2.74. The molecule has 0 amide bonds. The van der Waals surface area contributed by atoms with E-state index in [0.29, 0.717) is 0 Å². The molecule has 2 nitrogen and oxygen atoms in total. The van der Waals surface area contributed by atoms with Gasteiger partial charge in [0.15, 0.2) is 0 Å². The Bertz CT molecular complexity index is 766. The molecule has 0 saturated carbocycles. The van der Waals surface area contributed by atoms with E-state index in [0.717, 1.165) is 32.2 Å². The Morgan fingerprint density at radius 1 is 1.20 bits per heavy atom. The molecule has 0 saturated heterocycles. The summed E-state index contributed by atoms with van der Waals surface area (Å²) in [6.07, 6.45) is 0. The average Bonchev–Trinajstić information content (AvgIpc) is 2.74.